The van der Waals surface area contributed by atoms with Crippen LogP contribution in [0.2, 0.25) is 0 Å². The molecule has 1 aromatic carbocycles. The minimum atomic E-state index is -0.228. The molecule has 1 N–H and O–H groups in total. The van der Waals surface area contributed by atoms with Crippen LogP contribution in [0.25, 0.3) is 0 Å². The summed E-state index contributed by atoms with van der Waals surface area (Å²) in [5.74, 6) is 1.02. The number of hydrogen-bond acceptors (Lipinski definition) is 4. The lowest BCUT2D eigenvalue weighted by Gasteiger charge is -2.45. The summed E-state index contributed by atoms with van der Waals surface area (Å²) in [5.41, 5.74) is 1.81. The van der Waals surface area contributed by atoms with Crippen molar-refractivity contribution in [2.24, 2.45) is 5.41 Å². The maximum atomic E-state index is 13.0. The topological polar surface area (TPSA) is 65.6 Å². The number of rotatable bonds is 4. The molecule has 2 aliphatic rings. The van der Waals surface area contributed by atoms with Crippen LogP contribution in [0.1, 0.15) is 67.8 Å². The van der Waals surface area contributed by atoms with Crippen LogP contribution in [-0.4, -0.2) is 60.0 Å². The van der Waals surface area contributed by atoms with Crippen molar-refractivity contribution in [2.45, 2.75) is 58.3 Å². The number of nitrogens with zero attached hydrogens (tertiary/aromatic N) is 2. The van der Waals surface area contributed by atoms with Gasteiger partial charge in [0, 0.05) is 44.0 Å². The van der Waals surface area contributed by atoms with Gasteiger partial charge in [0.15, 0.2) is 0 Å². The molecule has 1 saturated heterocycles. The smallest absolute Gasteiger partial charge is 0.254 e. The number of aryl methyl sites for hydroxylation is 1. The fourth-order valence-corrected chi connectivity index (χ4v) is 5.51. The standard InChI is InChI=1S/C28H39N3O3/c1-2-3-16-30-19-20-34-25-10-5-4-8-23(25)9-6-7-12-28(22-30)13-17-31(18-14-28)27(33)24-11-15-29-26(32)21-24/h4-5,8,10-11,15,21H,2-3,6-7,9,12-14,16-20,22H2,1H3,(H,29,32). The highest BCUT2D eigenvalue weighted by molar-refractivity contribution is 5.94. The first-order chi connectivity index (χ1) is 16.6. The maximum absolute atomic E-state index is 13.0. The number of H-pyrrole nitrogens is 1. The van der Waals surface area contributed by atoms with E-state index in [0.29, 0.717) is 12.2 Å². The summed E-state index contributed by atoms with van der Waals surface area (Å²) in [6, 6.07) is 11.6. The molecule has 0 saturated carbocycles. The van der Waals surface area contributed by atoms with Gasteiger partial charge in [-0.2, -0.15) is 0 Å². The lowest BCUT2D eigenvalue weighted by Crippen LogP contribution is -2.49. The Labute approximate surface area is 203 Å². The molecule has 3 heterocycles. The van der Waals surface area contributed by atoms with Crippen LogP contribution >= 0.6 is 0 Å². The van der Waals surface area contributed by atoms with E-state index in [1.165, 1.54) is 37.3 Å². The summed E-state index contributed by atoms with van der Waals surface area (Å²) in [4.78, 5) is 31.8. The van der Waals surface area contributed by atoms with E-state index in [4.69, 9.17) is 4.74 Å². The molecule has 0 aliphatic carbocycles. The van der Waals surface area contributed by atoms with E-state index >= 15 is 0 Å². The summed E-state index contributed by atoms with van der Waals surface area (Å²) in [5, 5.41) is 0. The zero-order chi connectivity index (χ0) is 23.8. The van der Waals surface area contributed by atoms with Crippen molar-refractivity contribution in [1.29, 1.82) is 0 Å². The summed E-state index contributed by atoms with van der Waals surface area (Å²) >= 11 is 0. The normalized spacial score (nSPS) is 19.5. The third-order valence-corrected chi connectivity index (χ3v) is 7.56. The highest BCUT2D eigenvalue weighted by Crippen LogP contribution is 2.38. The lowest BCUT2D eigenvalue weighted by atomic mass is 9.73. The average Bonchev–Trinajstić information content (AvgIpc) is 2.85. The molecule has 0 unspecified atom stereocenters. The molecule has 1 fully saturated rings. The largest absolute Gasteiger partial charge is 0.492 e. The molecule has 4 rings (SSSR count). The molecule has 6 heteroatoms. The summed E-state index contributed by atoms with van der Waals surface area (Å²) in [6.07, 6.45) is 10.6. The predicted octanol–water partition coefficient (Wildman–Crippen LogP) is 4.50. The minimum Gasteiger partial charge on any atom is -0.492 e. The van der Waals surface area contributed by atoms with E-state index < -0.39 is 0 Å². The number of carbonyl (C=O) groups is 1. The van der Waals surface area contributed by atoms with E-state index in [9.17, 15) is 9.59 Å². The number of fused-ring (bicyclic) bond motifs is 1. The highest BCUT2D eigenvalue weighted by Gasteiger charge is 2.37. The quantitative estimate of drug-likeness (QED) is 0.722. The number of piperidine rings is 1. The molecule has 0 atom stereocenters. The number of nitrogens with one attached hydrogen (secondary N) is 1. The number of hydrogen-bond donors (Lipinski definition) is 1. The van der Waals surface area contributed by atoms with Crippen LogP contribution in [0.5, 0.6) is 5.75 Å². The number of benzene rings is 1. The van der Waals surface area contributed by atoms with E-state index in [2.05, 4.69) is 41.1 Å². The Bertz CT molecular complexity index is 994. The van der Waals surface area contributed by atoms with Gasteiger partial charge < -0.3 is 14.6 Å². The predicted molar refractivity (Wildman–Crippen MR) is 135 cm³/mol. The number of aromatic amines is 1. The minimum absolute atomic E-state index is 0.0260. The Morgan fingerprint density at radius 3 is 2.71 bits per heavy atom. The molecule has 1 spiro atoms. The van der Waals surface area contributed by atoms with Crippen molar-refractivity contribution in [3.05, 3.63) is 64.1 Å². The summed E-state index contributed by atoms with van der Waals surface area (Å²) < 4.78 is 6.23. The Morgan fingerprint density at radius 2 is 1.91 bits per heavy atom. The van der Waals surface area contributed by atoms with Crippen LogP contribution in [0, 0.1) is 5.41 Å². The van der Waals surface area contributed by atoms with Gasteiger partial charge in [0.25, 0.3) is 5.91 Å². The van der Waals surface area contributed by atoms with Crippen molar-refractivity contribution in [3.8, 4) is 5.75 Å². The molecular formula is C28H39N3O3. The van der Waals surface area contributed by atoms with Crippen LogP contribution in [0.4, 0.5) is 0 Å². The number of unbranched alkanes of at least 4 members (excludes halogenated alkanes) is 1. The Kier molecular flexibility index (Phi) is 8.44. The van der Waals surface area contributed by atoms with Gasteiger partial charge in [-0.1, -0.05) is 38.0 Å². The molecular weight excluding hydrogens is 426 g/mol. The van der Waals surface area contributed by atoms with Crippen molar-refractivity contribution in [2.75, 3.05) is 39.3 Å². The van der Waals surface area contributed by atoms with Gasteiger partial charge in [0.2, 0.25) is 5.56 Å². The van der Waals surface area contributed by atoms with E-state index in [0.717, 1.165) is 64.2 Å². The molecule has 1 aromatic heterocycles. The molecule has 0 bridgehead atoms. The fourth-order valence-electron chi connectivity index (χ4n) is 5.51. The van der Waals surface area contributed by atoms with Gasteiger partial charge in [0.1, 0.15) is 12.4 Å². The van der Waals surface area contributed by atoms with E-state index in [1.807, 2.05) is 4.90 Å². The van der Waals surface area contributed by atoms with E-state index in [1.54, 1.807) is 12.3 Å². The van der Waals surface area contributed by atoms with Crippen LogP contribution in [0.15, 0.2) is 47.4 Å². The zero-order valence-corrected chi connectivity index (χ0v) is 20.6. The molecule has 2 aromatic rings. The monoisotopic (exact) mass is 465 g/mol. The van der Waals surface area contributed by atoms with Gasteiger partial charge in [-0.05, 0) is 68.2 Å². The number of likely N-dealkylation sites (tertiary alicyclic amines) is 1. The number of pyridine rings is 1. The third kappa shape index (κ3) is 6.29. The Hall–Kier alpha value is -2.60. The van der Waals surface area contributed by atoms with E-state index in [-0.39, 0.29) is 16.9 Å². The van der Waals surface area contributed by atoms with Gasteiger partial charge in [-0.25, -0.2) is 0 Å². The third-order valence-electron chi connectivity index (χ3n) is 7.56. The van der Waals surface area contributed by atoms with Crippen molar-refractivity contribution < 1.29 is 9.53 Å². The molecule has 0 radical (unpaired) electrons. The number of amides is 1. The number of ether oxygens (including phenoxy) is 1. The van der Waals surface area contributed by atoms with Crippen LogP contribution in [0.3, 0.4) is 0 Å². The molecule has 6 nitrogen and oxygen atoms in total. The van der Waals surface area contributed by atoms with Gasteiger partial charge in [-0.15, -0.1) is 0 Å². The molecule has 1 amide bonds. The van der Waals surface area contributed by atoms with Crippen molar-refractivity contribution in [1.82, 2.24) is 14.8 Å². The van der Waals surface area contributed by atoms with Gasteiger partial charge in [-0.3, -0.25) is 14.5 Å². The van der Waals surface area contributed by atoms with Gasteiger partial charge in [0.05, 0.1) is 0 Å². The molecule has 34 heavy (non-hydrogen) atoms. The van der Waals surface area contributed by atoms with Gasteiger partial charge >= 0.3 is 0 Å². The van der Waals surface area contributed by atoms with Crippen molar-refractivity contribution in [3.63, 3.8) is 0 Å². The first-order valence-corrected chi connectivity index (χ1v) is 13.0. The fraction of sp³-hybridized carbons (Fsp3) is 0.571. The number of aromatic nitrogens is 1. The highest BCUT2D eigenvalue weighted by atomic mass is 16.5. The average molecular weight is 466 g/mol. The van der Waals surface area contributed by atoms with Crippen LogP contribution in [-0.2, 0) is 6.42 Å². The Balaban J connectivity index is 1.46. The SMILES string of the molecule is CCCCN1CCOc2ccccc2CCCCC2(CCN(C(=O)c3cc[nH]c(=O)c3)CC2)C1. The molecule has 184 valence electrons. The summed E-state index contributed by atoms with van der Waals surface area (Å²) in [6.45, 7) is 7.58. The maximum Gasteiger partial charge on any atom is 0.254 e. The second-order valence-electron chi connectivity index (χ2n) is 10.0. The first kappa shape index (κ1) is 24.5. The van der Waals surface area contributed by atoms with Crippen LogP contribution < -0.4 is 10.3 Å². The Morgan fingerprint density at radius 1 is 1.09 bits per heavy atom. The second-order valence-corrected chi connectivity index (χ2v) is 10.0. The first-order valence-electron chi connectivity index (χ1n) is 13.0. The summed E-state index contributed by atoms with van der Waals surface area (Å²) in [7, 11) is 0. The number of carbonyl (C=O) groups excluding carboxylic acids is 1. The zero-order valence-electron chi connectivity index (χ0n) is 20.6. The van der Waals surface area contributed by atoms with Crippen molar-refractivity contribution >= 4 is 5.91 Å². The lowest BCUT2D eigenvalue weighted by molar-refractivity contribution is 0.0375. The molecule has 2 aliphatic heterocycles. The second kappa shape index (κ2) is 11.7. The number of para-hydroxylation sites is 1.